The van der Waals surface area contributed by atoms with Crippen molar-refractivity contribution in [2.24, 2.45) is 0 Å². The zero-order valence-electron chi connectivity index (χ0n) is 16.3. The Morgan fingerprint density at radius 2 is 1.93 bits per heavy atom. The quantitative estimate of drug-likeness (QED) is 0.433. The molecule has 0 spiro atoms. The van der Waals surface area contributed by atoms with Crippen LogP contribution < -0.4 is 10.2 Å². The molecule has 1 aliphatic rings. The topological polar surface area (TPSA) is 75.9 Å². The number of hydrogen-bond acceptors (Lipinski definition) is 6. The summed E-state index contributed by atoms with van der Waals surface area (Å²) in [5.74, 6) is 0.881. The third kappa shape index (κ3) is 4.56. The molecule has 7 nitrogen and oxygen atoms in total. The van der Waals surface area contributed by atoms with Crippen molar-refractivity contribution < 1.29 is 4.79 Å². The monoisotopic (exact) mass is 474 g/mol. The number of halogens is 1. The highest BCUT2D eigenvalue weighted by atomic mass is 79.9. The average Bonchev–Trinajstić information content (AvgIpc) is 3.17. The maximum absolute atomic E-state index is 12.3. The van der Waals surface area contributed by atoms with E-state index in [4.69, 9.17) is 4.98 Å². The molecule has 1 aromatic carbocycles. The number of carbonyl (C=O) groups excluding carboxylic acids is 1. The van der Waals surface area contributed by atoms with E-state index in [1.807, 2.05) is 29.3 Å². The van der Waals surface area contributed by atoms with Crippen LogP contribution >= 0.6 is 27.7 Å². The van der Waals surface area contributed by atoms with Crippen LogP contribution in [0.2, 0.25) is 0 Å². The van der Waals surface area contributed by atoms with Gasteiger partial charge in [0.1, 0.15) is 5.82 Å². The van der Waals surface area contributed by atoms with Gasteiger partial charge < -0.3 is 10.2 Å². The number of hydrogen-bond donors (Lipinski definition) is 1. The van der Waals surface area contributed by atoms with Crippen LogP contribution in [0.25, 0.3) is 11.0 Å². The van der Waals surface area contributed by atoms with Gasteiger partial charge in [-0.3, -0.25) is 4.79 Å². The number of nitrogens with one attached hydrogen (secondary N) is 1. The van der Waals surface area contributed by atoms with Crippen LogP contribution in [0.3, 0.4) is 0 Å². The average molecular weight is 475 g/mol. The Bertz CT molecular complexity index is 1000. The summed E-state index contributed by atoms with van der Waals surface area (Å²) in [6.07, 6.45) is 7.49. The lowest BCUT2D eigenvalue weighted by atomic mass is 10.1. The highest BCUT2D eigenvalue weighted by Gasteiger charge is 2.19. The normalized spacial score (nSPS) is 14.3. The number of benzene rings is 1. The second-order valence-corrected chi connectivity index (χ2v) is 8.64. The molecular weight excluding hydrogens is 452 g/mol. The number of rotatable bonds is 6. The Morgan fingerprint density at radius 3 is 2.66 bits per heavy atom. The lowest BCUT2D eigenvalue weighted by Crippen LogP contribution is -2.30. The van der Waals surface area contributed by atoms with E-state index in [1.165, 1.54) is 31.0 Å². The Hall–Kier alpha value is -2.13. The van der Waals surface area contributed by atoms with Crippen molar-refractivity contribution in [2.45, 2.75) is 31.0 Å². The maximum Gasteiger partial charge on any atom is 0.251 e. The number of aromatic nitrogens is 4. The molecule has 9 heteroatoms. The molecule has 0 saturated carbocycles. The van der Waals surface area contributed by atoms with Crippen molar-refractivity contribution >= 4 is 50.5 Å². The highest BCUT2D eigenvalue weighted by Crippen LogP contribution is 2.28. The van der Waals surface area contributed by atoms with Gasteiger partial charge in [0.15, 0.2) is 10.8 Å². The molecule has 1 aliphatic heterocycles. The van der Waals surface area contributed by atoms with Gasteiger partial charge in [0, 0.05) is 29.7 Å². The maximum atomic E-state index is 12.3. The molecule has 1 fully saturated rings. The van der Waals surface area contributed by atoms with E-state index >= 15 is 0 Å². The number of amides is 1. The molecule has 4 rings (SSSR count). The zero-order valence-corrected chi connectivity index (χ0v) is 18.7. The Morgan fingerprint density at radius 1 is 1.17 bits per heavy atom. The minimum Gasteiger partial charge on any atom is -0.356 e. The molecule has 0 radical (unpaired) electrons. The third-order valence-electron chi connectivity index (χ3n) is 5.01. The minimum absolute atomic E-state index is 0.0950. The van der Waals surface area contributed by atoms with Gasteiger partial charge in [-0.2, -0.15) is 5.10 Å². The van der Waals surface area contributed by atoms with Crippen molar-refractivity contribution in [2.75, 3.05) is 30.8 Å². The second-order valence-electron chi connectivity index (χ2n) is 6.95. The van der Waals surface area contributed by atoms with Crippen LogP contribution in [0.1, 0.15) is 29.6 Å². The first-order chi connectivity index (χ1) is 14.2. The van der Waals surface area contributed by atoms with Crippen LogP contribution in [0, 0.1) is 0 Å². The Kier molecular flexibility index (Phi) is 6.34. The Labute approximate surface area is 182 Å². The fraction of sp³-hybridized carbons (Fsp3) is 0.400. The molecule has 0 unspecified atom stereocenters. The van der Waals surface area contributed by atoms with E-state index in [2.05, 4.69) is 36.2 Å². The summed E-state index contributed by atoms with van der Waals surface area (Å²) >= 11 is 4.92. The van der Waals surface area contributed by atoms with Gasteiger partial charge in [0.25, 0.3) is 5.91 Å². The third-order valence-corrected chi connectivity index (χ3v) is 6.09. The minimum atomic E-state index is -0.0950. The number of thioether (sulfide) groups is 1. The van der Waals surface area contributed by atoms with Crippen molar-refractivity contribution in [3.63, 3.8) is 0 Å². The molecule has 3 heterocycles. The van der Waals surface area contributed by atoms with E-state index in [1.54, 1.807) is 12.1 Å². The fourth-order valence-corrected chi connectivity index (χ4v) is 4.12. The van der Waals surface area contributed by atoms with Crippen molar-refractivity contribution in [3.05, 3.63) is 40.5 Å². The molecule has 1 amide bonds. The summed E-state index contributed by atoms with van der Waals surface area (Å²) in [4.78, 5) is 24.1. The van der Waals surface area contributed by atoms with Crippen LogP contribution in [0.4, 0.5) is 5.82 Å². The molecule has 2 aromatic heterocycles. The van der Waals surface area contributed by atoms with Gasteiger partial charge >= 0.3 is 0 Å². The van der Waals surface area contributed by atoms with Gasteiger partial charge in [0.2, 0.25) is 0 Å². The van der Waals surface area contributed by atoms with Gasteiger partial charge in [0.05, 0.1) is 18.1 Å². The smallest absolute Gasteiger partial charge is 0.251 e. The van der Waals surface area contributed by atoms with E-state index in [9.17, 15) is 4.79 Å². The first kappa shape index (κ1) is 20.2. The molecule has 0 aliphatic carbocycles. The van der Waals surface area contributed by atoms with Crippen molar-refractivity contribution in [3.8, 4) is 0 Å². The zero-order chi connectivity index (χ0) is 20.2. The van der Waals surface area contributed by atoms with Crippen LogP contribution in [0.15, 0.2) is 40.1 Å². The summed E-state index contributed by atoms with van der Waals surface area (Å²) in [5, 5.41) is 9.21. The molecule has 1 N–H and O–H groups in total. The van der Waals surface area contributed by atoms with E-state index in [0.717, 1.165) is 39.6 Å². The molecular formula is C20H23BrN6OS. The molecule has 3 aromatic rings. The first-order valence-electron chi connectivity index (χ1n) is 9.72. The number of carbonyl (C=O) groups is 1. The number of anilines is 1. The number of fused-ring (bicyclic) bond motifs is 1. The fourth-order valence-electron chi connectivity index (χ4n) is 3.50. The molecule has 0 bridgehead atoms. The molecule has 1 saturated heterocycles. The Balaban J connectivity index is 1.50. The number of piperidine rings is 1. The van der Waals surface area contributed by atoms with Crippen LogP contribution in [-0.4, -0.2) is 51.5 Å². The second kappa shape index (κ2) is 9.13. The molecule has 152 valence electrons. The van der Waals surface area contributed by atoms with Crippen molar-refractivity contribution in [1.82, 2.24) is 25.1 Å². The molecule has 29 heavy (non-hydrogen) atoms. The van der Waals surface area contributed by atoms with Gasteiger partial charge in [-0.15, -0.1) is 0 Å². The SMILES string of the molecule is CSc1nc(N2CCCCC2)c2cnn(CCNC(=O)c3ccc(Br)cc3)c2n1. The largest absolute Gasteiger partial charge is 0.356 e. The van der Waals surface area contributed by atoms with Gasteiger partial charge in [-0.25, -0.2) is 14.6 Å². The lowest BCUT2D eigenvalue weighted by molar-refractivity contribution is 0.0952. The molecule has 0 atom stereocenters. The number of nitrogens with zero attached hydrogens (tertiary/aromatic N) is 5. The standard InChI is InChI=1S/C20H23BrN6OS/c1-29-20-24-17(26-10-3-2-4-11-26)16-13-23-27(18(16)25-20)12-9-22-19(28)14-5-7-15(21)8-6-14/h5-8,13H,2-4,9-12H2,1H3,(H,22,28). The predicted molar refractivity (Wildman–Crippen MR) is 120 cm³/mol. The van der Waals surface area contributed by atoms with Crippen LogP contribution in [-0.2, 0) is 6.54 Å². The summed E-state index contributed by atoms with van der Waals surface area (Å²) in [6, 6.07) is 7.31. The van der Waals surface area contributed by atoms with Gasteiger partial charge in [-0.05, 0) is 49.8 Å². The van der Waals surface area contributed by atoms with Crippen molar-refractivity contribution in [1.29, 1.82) is 0 Å². The van der Waals surface area contributed by atoms with E-state index in [-0.39, 0.29) is 5.91 Å². The lowest BCUT2D eigenvalue weighted by Gasteiger charge is -2.28. The summed E-state index contributed by atoms with van der Waals surface area (Å²) < 4.78 is 2.80. The van der Waals surface area contributed by atoms with Gasteiger partial charge in [-0.1, -0.05) is 27.7 Å². The summed E-state index contributed by atoms with van der Waals surface area (Å²) in [6.45, 7) is 3.07. The van der Waals surface area contributed by atoms with Crippen LogP contribution in [0.5, 0.6) is 0 Å². The predicted octanol–water partition coefficient (Wildman–Crippen LogP) is 3.73. The summed E-state index contributed by atoms with van der Waals surface area (Å²) in [7, 11) is 0. The van der Waals surface area contributed by atoms with E-state index < -0.39 is 0 Å². The van der Waals surface area contributed by atoms with E-state index in [0.29, 0.717) is 18.7 Å². The first-order valence-corrected chi connectivity index (χ1v) is 11.7. The highest BCUT2D eigenvalue weighted by molar-refractivity contribution is 9.10. The summed E-state index contributed by atoms with van der Waals surface area (Å²) in [5.41, 5.74) is 1.46.